The molecule has 0 aliphatic heterocycles. The lowest BCUT2D eigenvalue weighted by atomic mass is 10.2. The highest BCUT2D eigenvalue weighted by Crippen LogP contribution is 2.29. The maximum atomic E-state index is 12.0. The molecule has 2 aromatic carbocycles. The lowest BCUT2D eigenvalue weighted by Crippen LogP contribution is -2.32. The Morgan fingerprint density at radius 1 is 1.04 bits per heavy atom. The summed E-state index contributed by atoms with van der Waals surface area (Å²) in [5.41, 5.74) is 0.744. The molecular formula is C16H14Cl2N2O3. The van der Waals surface area contributed by atoms with Crippen molar-refractivity contribution in [1.29, 1.82) is 0 Å². The van der Waals surface area contributed by atoms with Crippen molar-refractivity contribution in [3.63, 3.8) is 0 Å². The molecule has 0 aliphatic carbocycles. The van der Waals surface area contributed by atoms with Crippen LogP contribution in [0.2, 0.25) is 10.0 Å². The molecule has 23 heavy (non-hydrogen) atoms. The SMILES string of the molecule is COc1ccc(C(=O)NCC(=O)Nc2c(Cl)cccc2Cl)cc1. The van der Waals surface area contributed by atoms with Crippen LogP contribution < -0.4 is 15.4 Å². The van der Waals surface area contributed by atoms with Crippen LogP contribution in [0, 0.1) is 0 Å². The molecule has 0 unspecified atom stereocenters. The van der Waals surface area contributed by atoms with Gasteiger partial charge < -0.3 is 15.4 Å². The van der Waals surface area contributed by atoms with Crippen LogP contribution >= 0.6 is 23.2 Å². The van der Waals surface area contributed by atoms with Gasteiger partial charge in [-0.3, -0.25) is 9.59 Å². The largest absolute Gasteiger partial charge is 0.497 e. The lowest BCUT2D eigenvalue weighted by Gasteiger charge is -2.10. The van der Waals surface area contributed by atoms with Gasteiger partial charge in [0.15, 0.2) is 0 Å². The summed E-state index contributed by atoms with van der Waals surface area (Å²) in [6, 6.07) is 11.4. The number of amides is 2. The van der Waals surface area contributed by atoms with Crippen LogP contribution in [0.1, 0.15) is 10.4 Å². The Morgan fingerprint density at radius 2 is 1.65 bits per heavy atom. The summed E-state index contributed by atoms with van der Waals surface area (Å²) in [6.07, 6.45) is 0. The number of methoxy groups -OCH3 is 1. The maximum Gasteiger partial charge on any atom is 0.251 e. The molecule has 2 amide bonds. The molecule has 0 radical (unpaired) electrons. The number of carbonyl (C=O) groups is 2. The van der Waals surface area contributed by atoms with Gasteiger partial charge in [-0.2, -0.15) is 0 Å². The highest BCUT2D eigenvalue weighted by atomic mass is 35.5. The fraction of sp³-hybridized carbons (Fsp3) is 0.125. The quantitative estimate of drug-likeness (QED) is 0.866. The molecule has 0 heterocycles. The van der Waals surface area contributed by atoms with E-state index in [2.05, 4.69) is 10.6 Å². The van der Waals surface area contributed by atoms with E-state index in [1.807, 2.05) is 0 Å². The Bertz CT molecular complexity index is 698. The third-order valence-corrected chi connectivity index (χ3v) is 3.62. The van der Waals surface area contributed by atoms with Gasteiger partial charge in [0.2, 0.25) is 5.91 Å². The van der Waals surface area contributed by atoms with Crippen molar-refractivity contribution >= 4 is 40.7 Å². The summed E-state index contributed by atoms with van der Waals surface area (Å²) in [7, 11) is 1.54. The van der Waals surface area contributed by atoms with Crippen molar-refractivity contribution < 1.29 is 14.3 Å². The van der Waals surface area contributed by atoms with Crippen LogP contribution in [0.5, 0.6) is 5.75 Å². The van der Waals surface area contributed by atoms with E-state index in [0.717, 1.165) is 0 Å². The van der Waals surface area contributed by atoms with Gasteiger partial charge in [-0.15, -0.1) is 0 Å². The molecule has 0 bridgehead atoms. The van der Waals surface area contributed by atoms with E-state index in [1.165, 1.54) is 0 Å². The molecule has 0 aromatic heterocycles. The lowest BCUT2D eigenvalue weighted by molar-refractivity contribution is -0.115. The first kappa shape index (κ1) is 17.1. The highest BCUT2D eigenvalue weighted by Gasteiger charge is 2.11. The number of hydrogen-bond acceptors (Lipinski definition) is 3. The smallest absolute Gasteiger partial charge is 0.251 e. The van der Waals surface area contributed by atoms with Crippen molar-refractivity contribution in [2.75, 3.05) is 19.0 Å². The summed E-state index contributed by atoms with van der Waals surface area (Å²) < 4.78 is 5.02. The predicted molar refractivity (Wildman–Crippen MR) is 90.4 cm³/mol. The second kappa shape index (κ2) is 7.85. The van der Waals surface area contributed by atoms with Gasteiger partial charge in [-0.1, -0.05) is 29.3 Å². The summed E-state index contributed by atoms with van der Waals surface area (Å²) in [4.78, 5) is 23.8. The van der Waals surface area contributed by atoms with Gasteiger partial charge >= 0.3 is 0 Å². The van der Waals surface area contributed by atoms with Gasteiger partial charge in [0, 0.05) is 5.56 Å². The van der Waals surface area contributed by atoms with Crippen LogP contribution in [0.15, 0.2) is 42.5 Å². The first-order valence-electron chi connectivity index (χ1n) is 6.67. The van der Waals surface area contributed by atoms with Crippen LogP contribution in [-0.2, 0) is 4.79 Å². The van der Waals surface area contributed by atoms with Gasteiger partial charge in [-0.05, 0) is 36.4 Å². The summed E-state index contributed by atoms with van der Waals surface area (Å²) in [5.74, 6) is -0.150. The Hall–Kier alpha value is -2.24. The molecule has 7 heteroatoms. The molecule has 2 aromatic rings. The number of rotatable bonds is 5. The van der Waals surface area contributed by atoms with Crippen LogP contribution in [0.4, 0.5) is 5.69 Å². The van der Waals surface area contributed by atoms with Gasteiger partial charge in [-0.25, -0.2) is 0 Å². The highest BCUT2D eigenvalue weighted by molar-refractivity contribution is 6.39. The Balaban J connectivity index is 1.92. The van der Waals surface area contributed by atoms with Crippen LogP contribution in [0.25, 0.3) is 0 Å². The fourth-order valence-electron chi connectivity index (χ4n) is 1.81. The number of ether oxygens (including phenoxy) is 1. The van der Waals surface area contributed by atoms with Gasteiger partial charge in [0.1, 0.15) is 5.75 Å². The number of halogens is 2. The zero-order valence-electron chi connectivity index (χ0n) is 12.2. The predicted octanol–water partition coefficient (Wildman–Crippen LogP) is 3.37. The number of hydrogen-bond donors (Lipinski definition) is 2. The molecule has 0 spiro atoms. The zero-order chi connectivity index (χ0) is 16.8. The minimum atomic E-state index is -0.429. The molecule has 0 saturated heterocycles. The second-order valence-electron chi connectivity index (χ2n) is 4.56. The third-order valence-electron chi connectivity index (χ3n) is 2.99. The summed E-state index contributed by atoms with van der Waals surface area (Å²) in [5, 5.41) is 5.74. The van der Waals surface area contributed by atoms with Crippen molar-refractivity contribution in [2.24, 2.45) is 0 Å². The number of benzene rings is 2. The van der Waals surface area contributed by atoms with Crippen LogP contribution in [-0.4, -0.2) is 25.5 Å². The molecule has 0 atom stereocenters. The Kier molecular flexibility index (Phi) is 5.84. The Labute approximate surface area is 143 Å². The zero-order valence-corrected chi connectivity index (χ0v) is 13.7. The molecule has 120 valence electrons. The van der Waals surface area contributed by atoms with E-state index < -0.39 is 5.91 Å². The van der Waals surface area contributed by atoms with E-state index in [1.54, 1.807) is 49.6 Å². The normalized spacial score (nSPS) is 10.0. The van der Waals surface area contributed by atoms with Crippen molar-refractivity contribution in [2.45, 2.75) is 0 Å². The number of anilines is 1. The molecule has 2 rings (SSSR count). The minimum Gasteiger partial charge on any atom is -0.497 e. The first-order valence-corrected chi connectivity index (χ1v) is 7.43. The minimum absolute atomic E-state index is 0.202. The van der Waals surface area contributed by atoms with E-state index in [9.17, 15) is 9.59 Å². The number of nitrogens with one attached hydrogen (secondary N) is 2. The van der Waals surface area contributed by atoms with E-state index >= 15 is 0 Å². The topological polar surface area (TPSA) is 67.4 Å². The number of carbonyl (C=O) groups excluding carboxylic acids is 2. The summed E-state index contributed by atoms with van der Waals surface area (Å²) in [6.45, 7) is -0.202. The fourth-order valence-corrected chi connectivity index (χ4v) is 2.30. The average molecular weight is 353 g/mol. The van der Waals surface area contributed by atoms with Gasteiger partial charge in [0.25, 0.3) is 5.91 Å². The average Bonchev–Trinajstić information content (AvgIpc) is 2.56. The third kappa shape index (κ3) is 4.61. The molecular weight excluding hydrogens is 339 g/mol. The van der Waals surface area contributed by atoms with Crippen molar-refractivity contribution in [3.8, 4) is 5.75 Å². The molecule has 5 nitrogen and oxygen atoms in total. The monoisotopic (exact) mass is 352 g/mol. The molecule has 2 N–H and O–H groups in total. The van der Waals surface area contributed by atoms with Crippen molar-refractivity contribution in [1.82, 2.24) is 5.32 Å². The maximum absolute atomic E-state index is 12.0. The standard InChI is InChI=1S/C16H14Cl2N2O3/c1-23-11-7-5-10(6-8-11)16(22)19-9-14(21)20-15-12(17)3-2-4-13(15)18/h2-8H,9H2,1H3,(H,19,22)(H,20,21). The number of para-hydroxylation sites is 1. The molecule has 0 aliphatic rings. The van der Waals surface area contributed by atoms with Gasteiger partial charge in [0.05, 0.1) is 29.4 Å². The first-order chi connectivity index (χ1) is 11.0. The molecule has 0 fully saturated rings. The van der Waals surface area contributed by atoms with Crippen molar-refractivity contribution in [3.05, 3.63) is 58.1 Å². The van der Waals surface area contributed by atoms with E-state index in [0.29, 0.717) is 27.0 Å². The van der Waals surface area contributed by atoms with Crippen LogP contribution in [0.3, 0.4) is 0 Å². The second-order valence-corrected chi connectivity index (χ2v) is 5.37. The van der Waals surface area contributed by atoms with E-state index in [-0.39, 0.29) is 12.5 Å². The molecule has 0 saturated carbocycles. The Morgan fingerprint density at radius 3 is 2.22 bits per heavy atom. The van der Waals surface area contributed by atoms with E-state index in [4.69, 9.17) is 27.9 Å². The summed E-state index contributed by atoms with van der Waals surface area (Å²) >= 11 is 11.9.